The van der Waals surface area contributed by atoms with Crippen LogP contribution in [0.2, 0.25) is 0 Å². The fourth-order valence-electron chi connectivity index (χ4n) is 2.30. The Hall–Kier alpha value is -1.35. The molecule has 2 rings (SSSR count). The van der Waals surface area contributed by atoms with E-state index in [1.54, 1.807) is 6.92 Å². The van der Waals surface area contributed by atoms with Gasteiger partial charge in [0.15, 0.2) is 5.78 Å². The molecule has 0 bridgehead atoms. The molecule has 0 saturated carbocycles. The van der Waals surface area contributed by atoms with E-state index in [0.717, 1.165) is 18.5 Å². The molecule has 1 N–H and O–H groups in total. The number of rotatable bonds is 4. The van der Waals surface area contributed by atoms with Gasteiger partial charge in [-0.25, -0.2) is 0 Å². The maximum atomic E-state index is 11.6. The zero-order valence-corrected chi connectivity index (χ0v) is 10.5. The zero-order chi connectivity index (χ0) is 12.3. The average Bonchev–Trinajstić information content (AvgIpc) is 2.78. The molecule has 1 aliphatic heterocycles. The number of carbonyl (C=O) groups is 1. The summed E-state index contributed by atoms with van der Waals surface area (Å²) in [5.74, 6) is 0.781. The fraction of sp³-hybridized carbons (Fsp3) is 0.500. The number of nitrogens with one attached hydrogen (secondary N) is 1. The van der Waals surface area contributed by atoms with E-state index in [0.29, 0.717) is 24.0 Å². The van der Waals surface area contributed by atoms with Gasteiger partial charge in [0.25, 0.3) is 0 Å². The molecule has 1 aromatic carbocycles. The minimum Gasteiger partial charge on any atom is -0.491 e. The van der Waals surface area contributed by atoms with E-state index >= 15 is 0 Å². The highest BCUT2D eigenvalue weighted by atomic mass is 16.5. The van der Waals surface area contributed by atoms with E-state index in [1.165, 1.54) is 6.42 Å². The predicted octanol–water partition coefficient (Wildman–Crippen LogP) is 2.33. The number of hydrogen-bond donors (Lipinski definition) is 1. The summed E-state index contributed by atoms with van der Waals surface area (Å²) in [5.41, 5.74) is 1.69. The molecular formula is C14H19NO2. The van der Waals surface area contributed by atoms with Crippen molar-refractivity contribution in [3.63, 3.8) is 0 Å². The van der Waals surface area contributed by atoms with Gasteiger partial charge in [0.2, 0.25) is 0 Å². The number of aryl methyl sites for hydroxylation is 1. The van der Waals surface area contributed by atoms with Crippen LogP contribution in [0.15, 0.2) is 18.2 Å². The Bertz CT molecular complexity index is 409. The summed E-state index contributed by atoms with van der Waals surface area (Å²) < 4.78 is 5.78. The topological polar surface area (TPSA) is 38.3 Å². The molecule has 3 nitrogen and oxygen atoms in total. The van der Waals surface area contributed by atoms with Gasteiger partial charge in [-0.1, -0.05) is 12.1 Å². The first-order chi connectivity index (χ1) is 8.18. The standard InChI is InChI=1S/C14H19NO2/c1-10-5-3-7-13(14(10)11(2)16)17-9-12-6-4-8-15-12/h3,5,7,12,15H,4,6,8-9H2,1-2H3. The van der Waals surface area contributed by atoms with Crippen molar-refractivity contribution in [3.8, 4) is 5.75 Å². The maximum Gasteiger partial charge on any atom is 0.163 e. The Morgan fingerprint density at radius 2 is 2.35 bits per heavy atom. The van der Waals surface area contributed by atoms with E-state index in [2.05, 4.69) is 5.32 Å². The SMILES string of the molecule is CC(=O)c1c(C)cccc1OCC1CCCN1. The quantitative estimate of drug-likeness (QED) is 0.811. The molecule has 1 unspecified atom stereocenters. The van der Waals surface area contributed by atoms with Crippen LogP contribution >= 0.6 is 0 Å². The van der Waals surface area contributed by atoms with Crippen molar-refractivity contribution in [3.05, 3.63) is 29.3 Å². The third-order valence-electron chi connectivity index (χ3n) is 3.19. The molecule has 0 spiro atoms. The first-order valence-corrected chi connectivity index (χ1v) is 6.15. The molecule has 0 amide bonds. The van der Waals surface area contributed by atoms with E-state index in [1.807, 2.05) is 25.1 Å². The van der Waals surface area contributed by atoms with Crippen LogP contribution in [-0.4, -0.2) is 25.0 Å². The zero-order valence-electron chi connectivity index (χ0n) is 10.5. The molecule has 1 atom stereocenters. The molecule has 1 fully saturated rings. The molecule has 1 aromatic rings. The summed E-state index contributed by atoms with van der Waals surface area (Å²) >= 11 is 0. The summed E-state index contributed by atoms with van der Waals surface area (Å²) in [7, 11) is 0. The Labute approximate surface area is 102 Å². The van der Waals surface area contributed by atoms with Crippen LogP contribution < -0.4 is 10.1 Å². The van der Waals surface area contributed by atoms with Gasteiger partial charge < -0.3 is 10.1 Å². The molecule has 0 aromatic heterocycles. The van der Waals surface area contributed by atoms with E-state index < -0.39 is 0 Å². The molecular weight excluding hydrogens is 214 g/mol. The number of ketones is 1. The predicted molar refractivity (Wildman–Crippen MR) is 67.7 cm³/mol. The van der Waals surface area contributed by atoms with Crippen LogP contribution in [0.25, 0.3) is 0 Å². The lowest BCUT2D eigenvalue weighted by Gasteiger charge is -2.15. The Morgan fingerprint density at radius 1 is 1.53 bits per heavy atom. The number of Topliss-reactive ketones (excluding diaryl/α,β-unsaturated/α-hetero) is 1. The van der Waals surface area contributed by atoms with Crippen LogP contribution in [0, 0.1) is 6.92 Å². The van der Waals surface area contributed by atoms with Gasteiger partial charge in [-0.15, -0.1) is 0 Å². The van der Waals surface area contributed by atoms with Crippen LogP contribution in [0.3, 0.4) is 0 Å². The first-order valence-electron chi connectivity index (χ1n) is 6.15. The van der Waals surface area contributed by atoms with Gasteiger partial charge >= 0.3 is 0 Å². The third-order valence-corrected chi connectivity index (χ3v) is 3.19. The number of hydrogen-bond acceptors (Lipinski definition) is 3. The van der Waals surface area contributed by atoms with Crippen LogP contribution in [0.4, 0.5) is 0 Å². The van der Waals surface area contributed by atoms with Crippen molar-refractivity contribution in [2.75, 3.05) is 13.2 Å². The Morgan fingerprint density at radius 3 is 3.00 bits per heavy atom. The summed E-state index contributed by atoms with van der Waals surface area (Å²) in [6.07, 6.45) is 2.36. The van der Waals surface area contributed by atoms with E-state index in [4.69, 9.17) is 4.74 Å². The minimum atomic E-state index is 0.0671. The lowest BCUT2D eigenvalue weighted by atomic mass is 10.0. The number of ether oxygens (including phenoxy) is 1. The second kappa shape index (κ2) is 5.32. The maximum absolute atomic E-state index is 11.6. The van der Waals surface area contributed by atoms with Crippen molar-refractivity contribution in [1.82, 2.24) is 5.32 Å². The van der Waals surface area contributed by atoms with Gasteiger partial charge in [-0.05, 0) is 44.9 Å². The van der Waals surface area contributed by atoms with Gasteiger partial charge in [-0.2, -0.15) is 0 Å². The van der Waals surface area contributed by atoms with Gasteiger partial charge in [-0.3, -0.25) is 4.79 Å². The van der Waals surface area contributed by atoms with Crippen LogP contribution in [-0.2, 0) is 0 Å². The van der Waals surface area contributed by atoms with E-state index in [9.17, 15) is 4.79 Å². The van der Waals surface area contributed by atoms with Crippen molar-refractivity contribution in [2.24, 2.45) is 0 Å². The normalized spacial score (nSPS) is 19.3. The van der Waals surface area contributed by atoms with Crippen molar-refractivity contribution in [1.29, 1.82) is 0 Å². The molecule has 17 heavy (non-hydrogen) atoms. The largest absolute Gasteiger partial charge is 0.491 e. The average molecular weight is 233 g/mol. The van der Waals surface area contributed by atoms with Crippen molar-refractivity contribution < 1.29 is 9.53 Å². The number of benzene rings is 1. The monoisotopic (exact) mass is 233 g/mol. The molecule has 1 saturated heterocycles. The molecule has 0 aliphatic carbocycles. The van der Waals surface area contributed by atoms with Gasteiger partial charge in [0.05, 0.1) is 5.56 Å². The van der Waals surface area contributed by atoms with Crippen molar-refractivity contribution in [2.45, 2.75) is 32.7 Å². The number of carbonyl (C=O) groups excluding carboxylic acids is 1. The highest BCUT2D eigenvalue weighted by Gasteiger charge is 2.16. The van der Waals surface area contributed by atoms with Crippen LogP contribution in [0.5, 0.6) is 5.75 Å². The summed E-state index contributed by atoms with van der Waals surface area (Å²) in [6, 6.07) is 6.17. The smallest absolute Gasteiger partial charge is 0.163 e. The Kier molecular flexibility index (Phi) is 3.79. The summed E-state index contributed by atoms with van der Waals surface area (Å²) in [4.78, 5) is 11.6. The van der Waals surface area contributed by atoms with Crippen LogP contribution in [0.1, 0.15) is 35.7 Å². The Balaban J connectivity index is 2.09. The second-order valence-electron chi connectivity index (χ2n) is 4.61. The molecule has 92 valence electrons. The van der Waals surface area contributed by atoms with Crippen molar-refractivity contribution >= 4 is 5.78 Å². The highest BCUT2D eigenvalue weighted by Crippen LogP contribution is 2.23. The third kappa shape index (κ3) is 2.86. The van der Waals surface area contributed by atoms with E-state index in [-0.39, 0.29) is 5.78 Å². The second-order valence-corrected chi connectivity index (χ2v) is 4.61. The summed E-state index contributed by atoms with van der Waals surface area (Å²) in [6.45, 7) is 5.24. The summed E-state index contributed by atoms with van der Waals surface area (Å²) in [5, 5.41) is 3.38. The first kappa shape index (κ1) is 12.1. The minimum absolute atomic E-state index is 0.0671. The fourth-order valence-corrected chi connectivity index (χ4v) is 2.30. The lowest BCUT2D eigenvalue weighted by molar-refractivity contribution is 0.101. The molecule has 3 heteroatoms. The molecule has 1 heterocycles. The van der Waals surface area contributed by atoms with Gasteiger partial charge in [0.1, 0.15) is 12.4 Å². The lowest BCUT2D eigenvalue weighted by Crippen LogP contribution is -2.28. The van der Waals surface area contributed by atoms with Gasteiger partial charge in [0, 0.05) is 6.04 Å². The highest BCUT2D eigenvalue weighted by molar-refractivity contribution is 5.98. The molecule has 0 radical (unpaired) electrons. The molecule has 1 aliphatic rings.